The van der Waals surface area contributed by atoms with Gasteiger partial charge in [-0.1, -0.05) is 36.4 Å². The van der Waals surface area contributed by atoms with Crippen molar-refractivity contribution in [2.24, 2.45) is 0 Å². The first-order valence-electron chi connectivity index (χ1n) is 11.9. The van der Waals surface area contributed by atoms with E-state index in [9.17, 15) is 30.6 Å². The third kappa shape index (κ3) is 3.85. The van der Waals surface area contributed by atoms with Crippen molar-refractivity contribution in [1.82, 2.24) is 0 Å². The van der Waals surface area contributed by atoms with Gasteiger partial charge in [0, 0.05) is 34.1 Å². The van der Waals surface area contributed by atoms with Crippen LogP contribution in [0.15, 0.2) is 84.9 Å². The summed E-state index contributed by atoms with van der Waals surface area (Å²) in [6.07, 6.45) is 2.32. The summed E-state index contributed by atoms with van der Waals surface area (Å²) in [7, 11) is 0. The number of benzene rings is 4. The Bertz CT molecular complexity index is 1280. The molecule has 0 aromatic heterocycles. The Morgan fingerprint density at radius 2 is 0.722 bits per heavy atom. The summed E-state index contributed by atoms with van der Waals surface area (Å²) in [5.41, 5.74) is 1.99. The van der Waals surface area contributed by atoms with E-state index in [-0.39, 0.29) is 34.5 Å². The molecule has 4 aromatic carbocycles. The minimum atomic E-state index is -0.785. The van der Waals surface area contributed by atoms with Crippen LogP contribution in [0.5, 0.6) is 34.5 Å². The second-order valence-electron chi connectivity index (χ2n) is 9.66. The van der Waals surface area contributed by atoms with Crippen LogP contribution in [0.2, 0.25) is 0 Å². The van der Waals surface area contributed by atoms with Gasteiger partial charge in [0.05, 0.1) is 0 Å². The van der Waals surface area contributed by atoms with Crippen LogP contribution < -0.4 is 0 Å². The molecule has 5 rings (SSSR count). The molecule has 0 spiro atoms. The Labute approximate surface area is 209 Å². The average Bonchev–Trinajstić information content (AvgIpc) is 2.85. The molecular weight excluding hydrogens is 456 g/mol. The highest BCUT2D eigenvalue weighted by Crippen LogP contribution is 2.57. The van der Waals surface area contributed by atoms with Gasteiger partial charge in [-0.05, 0) is 73.2 Å². The van der Waals surface area contributed by atoms with E-state index in [1.165, 1.54) is 24.3 Å². The van der Waals surface area contributed by atoms with E-state index >= 15 is 0 Å². The van der Waals surface area contributed by atoms with Crippen molar-refractivity contribution < 1.29 is 30.6 Å². The van der Waals surface area contributed by atoms with Crippen molar-refractivity contribution in [3.8, 4) is 34.5 Å². The van der Waals surface area contributed by atoms with E-state index in [2.05, 4.69) is 0 Å². The molecule has 0 atom stereocenters. The second kappa shape index (κ2) is 8.72. The molecular formula is C30H28O6. The summed E-state index contributed by atoms with van der Waals surface area (Å²) in [6, 6.07) is 23.3. The molecule has 0 aliphatic heterocycles. The van der Waals surface area contributed by atoms with E-state index in [0.29, 0.717) is 36.8 Å². The Morgan fingerprint density at radius 3 is 1.08 bits per heavy atom. The molecule has 1 aliphatic carbocycles. The number of hydrogen-bond acceptors (Lipinski definition) is 6. The average molecular weight is 485 g/mol. The van der Waals surface area contributed by atoms with Crippen LogP contribution in [-0.4, -0.2) is 30.6 Å². The van der Waals surface area contributed by atoms with Crippen molar-refractivity contribution in [3.05, 3.63) is 107 Å². The van der Waals surface area contributed by atoms with Gasteiger partial charge in [0.1, 0.15) is 34.5 Å². The minimum absolute atomic E-state index is 0.0559. The molecule has 0 saturated heterocycles. The molecule has 184 valence electrons. The molecule has 1 aliphatic rings. The lowest BCUT2D eigenvalue weighted by Gasteiger charge is -2.48. The monoisotopic (exact) mass is 484 g/mol. The summed E-state index contributed by atoms with van der Waals surface area (Å²) >= 11 is 0. The van der Waals surface area contributed by atoms with Crippen LogP contribution >= 0.6 is 0 Å². The number of phenolic OH excluding ortho intramolecular Hbond substituents is 6. The maximum Gasteiger partial charge on any atom is 0.123 e. The standard InChI is InChI=1S/C30H28O6/c31-21-5-1-19(2-6-21)29(20-3-7-22(32)8-4-20)13-15-30(16-14-29,25-11-9-23(33)17-27(25)35)26-12-10-24(34)18-28(26)36/h1-12,17-18,31-36H,13-16H2. The van der Waals surface area contributed by atoms with Gasteiger partial charge < -0.3 is 30.6 Å². The molecule has 6 nitrogen and oxygen atoms in total. The van der Waals surface area contributed by atoms with Crippen molar-refractivity contribution in [2.45, 2.75) is 36.5 Å². The van der Waals surface area contributed by atoms with Crippen LogP contribution in [0, 0.1) is 0 Å². The molecule has 0 radical (unpaired) electrons. The third-order valence-corrected chi connectivity index (χ3v) is 7.79. The van der Waals surface area contributed by atoms with Gasteiger partial charge in [0.2, 0.25) is 0 Å². The van der Waals surface area contributed by atoms with Gasteiger partial charge in [0.25, 0.3) is 0 Å². The first-order valence-corrected chi connectivity index (χ1v) is 11.9. The SMILES string of the molecule is Oc1ccc(C2(c3ccc(O)cc3)CCC(c3ccc(O)cc3O)(c3ccc(O)cc3O)CC2)cc1. The lowest BCUT2D eigenvalue weighted by Crippen LogP contribution is -2.41. The highest BCUT2D eigenvalue weighted by Gasteiger charge is 2.48. The molecule has 6 heteroatoms. The van der Waals surface area contributed by atoms with E-state index in [1.807, 2.05) is 24.3 Å². The van der Waals surface area contributed by atoms with Crippen molar-refractivity contribution in [2.75, 3.05) is 0 Å². The first-order chi connectivity index (χ1) is 17.2. The summed E-state index contributed by atoms with van der Waals surface area (Å²) < 4.78 is 0. The van der Waals surface area contributed by atoms with Crippen LogP contribution in [0.25, 0.3) is 0 Å². The Morgan fingerprint density at radius 1 is 0.389 bits per heavy atom. The predicted molar refractivity (Wildman–Crippen MR) is 136 cm³/mol. The van der Waals surface area contributed by atoms with Crippen molar-refractivity contribution >= 4 is 0 Å². The van der Waals surface area contributed by atoms with E-state index < -0.39 is 10.8 Å². The zero-order valence-electron chi connectivity index (χ0n) is 19.6. The van der Waals surface area contributed by atoms with Crippen molar-refractivity contribution in [1.29, 1.82) is 0 Å². The lowest BCUT2D eigenvalue weighted by atomic mass is 9.55. The third-order valence-electron chi connectivity index (χ3n) is 7.79. The van der Waals surface area contributed by atoms with Crippen molar-refractivity contribution in [3.63, 3.8) is 0 Å². The van der Waals surface area contributed by atoms with Crippen LogP contribution in [0.1, 0.15) is 47.9 Å². The minimum Gasteiger partial charge on any atom is -0.508 e. The summed E-state index contributed by atoms with van der Waals surface area (Å²) in [5.74, 6) is 0.105. The molecule has 36 heavy (non-hydrogen) atoms. The smallest absolute Gasteiger partial charge is 0.123 e. The van der Waals surface area contributed by atoms with Crippen LogP contribution in [0.4, 0.5) is 0 Å². The predicted octanol–water partition coefficient (Wildman–Crippen LogP) is 5.77. The van der Waals surface area contributed by atoms with E-state index in [4.69, 9.17) is 0 Å². The highest BCUT2D eigenvalue weighted by molar-refractivity contribution is 5.56. The fraction of sp³-hybridized carbons (Fsp3) is 0.200. The molecule has 0 amide bonds. The summed E-state index contributed by atoms with van der Waals surface area (Å²) in [5, 5.41) is 61.4. The molecule has 0 bridgehead atoms. The Kier molecular flexibility index (Phi) is 5.67. The van der Waals surface area contributed by atoms with Crippen LogP contribution in [0.3, 0.4) is 0 Å². The Balaban J connectivity index is 1.66. The van der Waals surface area contributed by atoms with Crippen LogP contribution in [-0.2, 0) is 10.8 Å². The molecule has 1 saturated carbocycles. The fourth-order valence-electron chi connectivity index (χ4n) is 5.94. The fourth-order valence-corrected chi connectivity index (χ4v) is 5.94. The van der Waals surface area contributed by atoms with Gasteiger partial charge in [0.15, 0.2) is 0 Å². The normalized spacial score (nSPS) is 16.4. The van der Waals surface area contributed by atoms with Gasteiger partial charge in [-0.2, -0.15) is 0 Å². The van der Waals surface area contributed by atoms with Gasteiger partial charge >= 0.3 is 0 Å². The molecule has 1 fully saturated rings. The maximum absolute atomic E-state index is 10.9. The number of phenols is 6. The van der Waals surface area contributed by atoms with Gasteiger partial charge in [-0.25, -0.2) is 0 Å². The summed E-state index contributed by atoms with van der Waals surface area (Å²) in [4.78, 5) is 0. The quantitative estimate of drug-likeness (QED) is 0.219. The topological polar surface area (TPSA) is 121 Å². The molecule has 0 heterocycles. The van der Waals surface area contributed by atoms with E-state index in [0.717, 1.165) is 11.1 Å². The number of hydrogen-bond donors (Lipinski definition) is 6. The van der Waals surface area contributed by atoms with Gasteiger partial charge in [-0.15, -0.1) is 0 Å². The van der Waals surface area contributed by atoms with E-state index in [1.54, 1.807) is 36.4 Å². The highest BCUT2D eigenvalue weighted by atomic mass is 16.3. The largest absolute Gasteiger partial charge is 0.508 e. The number of aromatic hydroxyl groups is 6. The number of rotatable bonds is 4. The molecule has 4 aromatic rings. The maximum atomic E-state index is 10.9. The molecule has 6 N–H and O–H groups in total. The second-order valence-corrected chi connectivity index (χ2v) is 9.66. The zero-order valence-corrected chi connectivity index (χ0v) is 19.6. The van der Waals surface area contributed by atoms with Gasteiger partial charge in [-0.3, -0.25) is 0 Å². The Hall–Kier alpha value is -4.32. The molecule has 0 unspecified atom stereocenters. The zero-order chi connectivity index (χ0) is 25.5. The lowest BCUT2D eigenvalue weighted by molar-refractivity contribution is 0.246. The summed E-state index contributed by atoms with van der Waals surface area (Å²) in [6.45, 7) is 0. The first kappa shape index (κ1) is 23.4.